The minimum Gasteiger partial charge on any atom is -0.444 e. The van der Waals surface area contributed by atoms with Gasteiger partial charge in [0.05, 0.1) is 10.1 Å². The summed E-state index contributed by atoms with van der Waals surface area (Å²) in [6.45, 7) is 6.11. The van der Waals surface area contributed by atoms with Gasteiger partial charge in [-0.1, -0.05) is 30.4 Å². The van der Waals surface area contributed by atoms with Crippen LogP contribution in [0.25, 0.3) is 12.2 Å². The summed E-state index contributed by atoms with van der Waals surface area (Å²) < 4.78 is 31.9. The largest absolute Gasteiger partial charge is 0.444 e. The summed E-state index contributed by atoms with van der Waals surface area (Å²) in [4.78, 5) is 34.7. The number of carbonyl (C=O) groups is 2. The zero-order valence-electron chi connectivity index (χ0n) is 23.5. The van der Waals surface area contributed by atoms with Crippen molar-refractivity contribution in [3.8, 4) is 0 Å². The predicted molar refractivity (Wildman–Crippen MR) is 158 cm³/mol. The molecule has 0 atom stereocenters. The van der Waals surface area contributed by atoms with Crippen molar-refractivity contribution in [1.82, 2.24) is 14.9 Å². The van der Waals surface area contributed by atoms with Gasteiger partial charge in [0.2, 0.25) is 5.95 Å². The Bertz CT molecular complexity index is 1570. The van der Waals surface area contributed by atoms with E-state index in [9.17, 15) is 18.0 Å². The summed E-state index contributed by atoms with van der Waals surface area (Å²) >= 11 is 0. The summed E-state index contributed by atoms with van der Waals surface area (Å²) in [7, 11) is -3.54. The summed E-state index contributed by atoms with van der Waals surface area (Å²) in [6.07, 6.45) is 8.98. The van der Waals surface area contributed by atoms with E-state index in [0.717, 1.165) is 28.7 Å². The van der Waals surface area contributed by atoms with Gasteiger partial charge in [-0.2, -0.15) is 0 Å². The lowest BCUT2D eigenvalue weighted by Gasteiger charge is -2.33. The molecule has 2 aromatic carbocycles. The van der Waals surface area contributed by atoms with E-state index in [1.807, 2.05) is 51.1 Å². The Morgan fingerprint density at radius 1 is 0.976 bits per heavy atom. The van der Waals surface area contributed by atoms with Crippen LogP contribution in [0.15, 0.2) is 59.8 Å². The molecule has 5 rings (SSSR count). The van der Waals surface area contributed by atoms with Crippen LogP contribution in [-0.4, -0.2) is 59.1 Å². The van der Waals surface area contributed by atoms with E-state index in [1.165, 1.54) is 0 Å². The molecule has 214 valence electrons. The van der Waals surface area contributed by atoms with E-state index < -0.39 is 26.8 Å². The van der Waals surface area contributed by atoms with Crippen molar-refractivity contribution in [2.75, 3.05) is 18.4 Å². The molecule has 2 aliphatic rings. The van der Waals surface area contributed by atoms with Crippen LogP contribution in [0.1, 0.15) is 67.1 Å². The zero-order chi connectivity index (χ0) is 29.2. The molecule has 0 unspecified atom stereocenters. The number of nitrogens with zero attached hydrogens (tertiary/aromatic N) is 3. The number of Topliss-reactive ketones (excluding diaryl/α,β-unsaturated/α-hetero) is 1. The number of rotatable bonds is 6. The number of carbonyl (C=O) groups excluding carboxylic acids is 2. The fourth-order valence-corrected chi connectivity index (χ4v) is 6.72. The van der Waals surface area contributed by atoms with Gasteiger partial charge in [0, 0.05) is 48.7 Å². The van der Waals surface area contributed by atoms with Gasteiger partial charge in [-0.25, -0.2) is 23.2 Å². The highest BCUT2D eigenvalue weighted by molar-refractivity contribution is 7.92. The average molecular weight is 575 g/mol. The third-order valence-electron chi connectivity index (χ3n) is 7.16. The molecule has 1 amide bonds. The number of ketones is 1. The van der Waals surface area contributed by atoms with Crippen LogP contribution in [-0.2, 0) is 21.0 Å². The monoisotopic (exact) mass is 574 g/mol. The van der Waals surface area contributed by atoms with Crippen molar-refractivity contribution in [3.05, 3.63) is 77.1 Å². The Morgan fingerprint density at radius 2 is 1.63 bits per heavy atom. The highest BCUT2D eigenvalue weighted by Gasteiger charge is 2.34. The Balaban J connectivity index is 1.16. The highest BCUT2D eigenvalue weighted by atomic mass is 32.2. The van der Waals surface area contributed by atoms with Gasteiger partial charge in [0.25, 0.3) is 0 Å². The van der Waals surface area contributed by atoms with Crippen LogP contribution in [0.2, 0.25) is 0 Å². The minimum atomic E-state index is -3.54. The average Bonchev–Trinajstić information content (AvgIpc) is 3.32. The summed E-state index contributed by atoms with van der Waals surface area (Å²) in [6, 6.07) is 12.4. The number of amides is 1. The maximum absolute atomic E-state index is 13.2. The molecule has 0 bridgehead atoms. The zero-order valence-corrected chi connectivity index (χ0v) is 24.3. The van der Waals surface area contributed by atoms with E-state index in [-0.39, 0.29) is 10.7 Å². The Kier molecular flexibility index (Phi) is 7.95. The molecule has 1 aliphatic carbocycles. The maximum atomic E-state index is 13.2. The van der Waals surface area contributed by atoms with Gasteiger partial charge in [-0.05, 0) is 75.4 Å². The molecule has 1 saturated heterocycles. The second kappa shape index (κ2) is 11.4. The van der Waals surface area contributed by atoms with Gasteiger partial charge in [-0.3, -0.25) is 4.79 Å². The van der Waals surface area contributed by atoms with Crippen molar-refractivity contribution in [2.24, 2.45) is 0 Å². The number of anilines is 2. The molecule has 1 N–H and O–H groups in total. The van der Waals surface area contributed by atoms with Gasteiger partial charge >= 0.3 is 6.09 Å². The number of likely N-dealkylation sites (tertiary alicyclic amines) is 1. The van der Waals surface area contributed by atoms with E-state index in [4.69, 9.17) is 4.74 Å². The molecular weight excluding hydrogens is 540 g/mol. The lowest BCUT2D eigenvalue weighted by molar-refractivity contribution is 0.0217. The number of aromatic nitrogens is 2. The van der Waals surface area contributed by atoms with Crippen molar-refractivity contribution in [1.29, 1.82) is 0 Å². The molecule has 1 fully saturated rings. The number of benzene rings is 2. The van der Waals surface area contributed by atoms with Crippen LogP contribution in [0, 0.1) is 0 Å². The van der Waals surface area contributed by atoms with Crippen LogP contribution in [0.5, 0.6) is 0 Å². The summed E-state index contributed by atoms with van der Waals surface area (Å²) in [5.41, 5.74) is 3.84. The van der Waals surface area contributed by atoms with Crippen LogP contribution in [0.4, 0.5) is 16.4 Å². The minimum absolute atomic E-state index is 0.209. The molecule has 41 heavy (non-hydrogen) atoms. The van der Waals surface area contributed by atoms with Crippen LogP contribution < -0.4 is 5.32 Å². The third-order valence-corrected chi connectivity index (χ3v) is 9.44. The summed E-state index contributed by atoms with van der Waals surface area (Å²) in [5.74, 6) is 0.601. The van der Waals surface area contributed by atoms with Crippen molar-refractivity contribution in [2.45, 2.75) is 62.2 Å². The fourth-order valence-electron chi connectivity index (χ4n) is 4.98. The van der Waals surface area contributed by atoms with E-state index in [0.29, 0.717) is 44.0 Å². The quantitative estimate of drug-likeness (QED) is 0.399. The summed E-state index contributed by atoms with van der Waals surface area (Å²) in [5, 5.41) is 2.55. The molecule has 0 saturated carbocycles. The first-order valence-corrected chi connectivity index (χ1v) is 15.3. The van der Waals surface area contributed by atoms with E-state index in [1.54, 1.807) is 41.6 Å². The van der Waals surface area contributed by atoms with Crippen LogP contribution in [0.3, 0.4) is 0 Å². The lowest BCUT2D eigenvalue weighted by atomic mass is 10.1. The third kappa shape index (κ3) is 6.82. The smallest absolute Gasteiger partial charge is 0.410 e. The molecule has 1 aromatic heterocycles. The SMILES string of the molecule is CC(C)(C)OC(=O)N1CCC(S(=O)(=O)c2ccc(Nc3ncc(C=Cc4ccc5c(c4)CCC5=O)cn3)cc2)CC1. The molecule has 0 radical (unpaired) electrons. The second-order valence-corrected chi connectivity index (χ2v) is 13.6. The first kappa shape index (κ1) is 28.5. The number of hydrogen-bond donors (Lipinski definition) is 1. The molecular formula is C31H34N4O5S. The molecule has 3 aromatic rings. The van der Waals surface area contributed by atoms with Crippen molar-refractivity contribution >= 4 is 45.5 Å². The number of nitrogens with one attached hydrogen (secondary N) is 1. The molecule has 1 aliphatic heterocycles. The number of ether oxygens (including phenoxy) is 1. The number of sulfone groups is 1. The topological polar surface area (TPSA) is 119 Å². The lowest BCUT2D eigenvalue weighted by Crippen LogP contribution is -2.44. The fraction of sp³-hybridized carbons (Fsp3) is 0.355. The van der Waals surface area contributed by atoms with Crippen LogP contribution >= 0.6 is 0 Å². The highest BCUT2D eigenvalue weighted by Crippen LogP contribution is 2.27. The Labute approximate surface area is 240 Å². The number of aryl methyl sites for hydroxylation is 1. The molecule has 9 nitrogen and oxygen atoms in total. The maximum Gasteiger partial charge on any atom is 0.410 e. The van der Waals surface area contributed by atoms with Gasteiger partial charge in [0.1, 0.15) is 5.60 Å². The molecule has 0 spiro atoms. The Morgan fingerprint density at radius 3 is 2.29 bits per heavy atom. The van der Waals surface area contributed by atoms with Gasteiger partial charge < -0.3 is 15.0 Å². The van der Waals surface area contributed by atoms with Crippen molar-refractivity contribution < 1.29 is 22.7 Å². The predicted octanol–water partition coefficient (Wildman–Crippen LogP) is 5.69. The van der Waals surface area contributed by atoms with E-state index >= 15 is 0 Å². The standard InChI is InChI=1S/C31H34N4O5S/c1-31(2,3)40-30(37)35-16-14-26(15-17-35)41(38,39)25-10-8-24(9-11-25)34-29-32-19-22(20-33-29)5-4-21-6-12-27-23(18-21)7-13-28(27)36/h4-6,8-12,18-20,26H,7,13-17H2,1-3H3,(H,32,33,34). The first-order chi connectivity index (χ1) is 19.5. The molecule has 10 heteroatoms. The van der Waals surface area contributed by atoms with E-state index in [2.05, 4.69) is 15.3 Å². The van der Waals surface area contributed by atoms with Gasteiger partial charge in [-0.15, -0.1) is 0 Å². The first-order valence-electron chi connectivity index (χ1n) is 13.7. The molecule has 2 heterocycles. The van der Waals surface area contributed by atoms with Gasteiger partial charge in [0.15, 0.2) is 15.6 Å². The number of fused-ring (bicyclic) bond motifs is 1. The number of piperidine rings is 1. The number of hydrogen-bond acceptors (Lipinski definition) is 8. The normalized spacial score (nSPS) is 16.2. The van der Waals surface area contributed by atoms with Crippen molar-refractivity contribution in [3.63, 3.8) is 0 Å². The second-order valence-electron chi connectivity index (χ2n) is 11.4. The Hall–Kier alpha value is -4.05.